The Labute approximate surface area is 131 Å². The van der Waals surface area contributed by atoms with E-state index >= 15 is 0 Å². The van der Waals surface area contributed by atoms with E-state index < -0.39 is 0 Å². The summed E-state index contributed by atoms with van der Waals surface area (Å²) >= 11 is 0. The fourth-order valence-corrected chi connectivity index (χ4v) is 2.29. The van der Waals surface area contributed by atoms with Gasteiger partial charge < -0.3 is 15.0 Å². The lowest BCUT2D eigenvalue weighted by Crippen LogP contribution is -2.48. The molecule has 1 fully saturated rings. The van der Waals surface area contributed by atoms with Gasteiger partial charge in [-0.25, -0.2) is 4.39 Å². The van der Waals surface area contributed by atoms with Crippen LogP contribution in [0.15, 0.2) is 24.3 Å². The zero-order chi connectivity index (χ0) is 14.4. The first-order valence-corrected chi connectivity index (χ1v) is 7.04. The normalized spacial score (nSPS) is 17.7. The molecular weight excluding hydrogens is 295 g/mol. The van der Waals surface area contributed by atoms with Gasteiger partial charge in [0.2, 0.25) is 5.91 Å². The molecule has 0 bridgehead atoms. The zero-order valence-corrected chi connectivity index (χ0v) is 13.0. The highest BCUT2D eigenvalue weighted by molar-refractivity contribution is 5.85. The molecule has 2 rings (SSSR count). The minimum absolute atomic E-state index is 0. The number of carbonyl (C=O) groups is 1. The Morgan fingerprint density at radius 1 is 1.43 bits per heavy atom. The lowest BCUT2D eigenvalue weighted by Gasteiger charge is -2.27. The molecule has 1 aliphatic rings. The first-order valence-electron chi connectivity index (χ1n) is 7.04. The minimum atomic E-state index is -0.379. The second-order valence-corrected chi connectivity index (χ2v) is 5.04. The average Bonchev–Trinajstić information content (AvgIpc) is 2.49. The Kier molecular flexibility index (Phi) is 7.47. The van der Waals surface area contributed by atoms with Crippen LogP contribution in [0.1, 0.15) is 19.3 Å². The van der Waals surface area contributed by atoms with Gasteiger partial charge in [0.15, 0.2) is 11.6 Å². The maximum atomic E-state index is 13.3. The van der Waals surface area contributed by atoms with Crippen LogP contribution < -0.4 is 10.1 Å². The largest absolute Gasteiger partial charge is 0.489 e. The maximum Gasteiger partial charge on any atom is 0.239 e. The highest BCUT2D eigenvalue weighted by Crippen LogP contribution is 2.15. The van der Waals surface area contributed by atoms with Crippen molar-refractivity contribution >= 4 is 18.3 Å². The lowest BCUT2D eigenvalue weighted by molar-refractivity contribution is -0.133. The number of piperidine rings is 1. The zero-order valence-electron chi connectivity index (χ0n) is 12.2. The van der Waals surface area contributed by atoms with Crippen molar-refractivity contribution in [3.63, 3.8) is 0 Å². The van der Waals surface area contributed by atoms with Crippen molar-refractivity contribution in [3.8, 4) is 5.75 Å². The second-order valence-electron chi connectivity index (χ2n) is 5.04. The third kappa shape index (κ3) is 5.17. The van der Waals surface area contributed by atoms with E-state index in [1.54, 1.807) is 30.1 Å². The Morgan fingerprint density at radius 3 is 2.86 bits per heavy atom. The van der Waals surface area contributed by atoms with E-state index in [0.29, 0.717) is 6.54 Å². The van der Waals surface area contributed by atoms with Crippen molar-refractivity contribution in [1.82, 2.24) is 10.2 Å². The van der Waals surface area contributed by atoms with Gasteiger partial charge in [-0.1, -0.05) is 18.6 Å². The van der Waals surface area contributed by atoms with Gasteiger partial charge in [-0.15, -0.1) is 12.4 Å². The number of nitrogens with zero attached hydrogens (tertiary/aromatic N) is 1. The van der Waals surface area contributed by atoms with Crippen molar-refractivity contribution in [3.05, 3.63) is 30.1 Å². The first kappa shape index (κ1) is 17.7. The number of carbonyl (C=O) groups excluding carboxylic acids is 1. The van der Waals surface area contributed by atoms with Crippen molar-refractivity contribution in [2.24, 2.45) is 0 Å². The summed E-state index contributed by atoms with van der Waals surface area (Å²) in [6.07, 6.45) is 3.10. The summed E-state index contributed by atoms with van der Waals surface area (Å²) in [4.78, 5) is 13.8. The van der Waals surface area contributed by atoms with Crippen LogP contribution in [0, 0.1) is 5.82 Å². The number of ether oxygens (including phenoxy) is 1. The topological polar surface area (TPSA) is 41.6 Å². The Bertz CT molecular complexity index is 453. The highest BCUT2D eigenvalue weighted by atomic mass is 35.5. The summed E-state index contributed by atoms with van der Waals surface area (Å²) in [5, 5.41) is 3.22. The summed E-state index contributed by atoms with van der Waals surface area (Å²) < 4.78 is 18.7. The number of rotatable bonds is 5. The van der Waals surface area contributed by atoms with Crippen LogP contribution in [0.3, 0.4) is 0 Å². The number of hydrogen-bond acceptors (Lipinski definition) is 3. The smallest absolute Gasteiger partial charge is 0.239 e. The molecular formula is C15H22ClFN2O2. The second kappa shape index (κ2) is 8.85. The van der Waals surface area contributed by atoms with Gasteiger partial charge >= 0.3 is 0 Å². The minimum Gasteiger partial charge on any atom is -0.489 e. The van der Waals surface area contributed by atoms with Crippen molar-refractivity contribution in [2.75, 3.05) is 26.7 Å². The fraction of sp³-hybridized carbons (Fsp3) is 0.533. The summed E-state index contributed by atoms with van der Waals surface area (Å²) in [6.45, 7) is 1.64. The standard InChI is InChI=1S/C15H21FN2O2.ClH/c1-18(15(19)13-7-4-5-9-17-13)10-11-20-14-8-3-2-6-12(14)16;/h2-3,6,8,13,17H,4-5,7,9-11H2,1H3;1H/t13-;/m1./s1. The average molecular weight is 317 g/mol. The molecule has 21 heavy (non-hydrogen) atoms. The summed E-state index contributed by atoms with van der Waals surface area (Å²) in [5.41, 5.74) is 0. The van der Waals surface area contributed by atoms with E-state index in [4.69, 9.17) is 4.74 Å². The molecule has 1 aromatic carbocycles. The number of halogens is 2. The number of benzene rings is 1. The first-order chi connectivity index (χ1) is 9.68. The molecule has 1 amide bonds. The number of nitrogens with one attached hydrogen (secondary N) is 1. The Morgan fingerprint density at radius 2 is 2.19 bits per heavy atom. The summed E-state index contributed by atoms with van der Waals surface area (Å²) in [7, 11) is 1.75. The van der Waals surface area contributed by atoms with Crippen LogP contribution in [-0.2, 0) is 4.79 Å². The molecule has 1 N–H and O–H groups in total. The molecule has 0 unspecified atom stereocenters. The van der Waals surface area contributed by atoms with Crippen LogP contribution in [-0.4, -0.2) is 43.6 Å². The molecule has 4 nitrogen and oxygen atoms in total. The van der Waals surface area contributed by atoms with Crippen LogP contribution in [0.25, 0.3) is 0 Å². The van der Waals surface area contributed by atoms with Gasteiger partial charge in [0.1, 0.15) is 6.61 Å². The number of amides is 1. The van der Waals surface area contributed by atoms with E-state index in [0.717, 1.165) is 25.8 Å². The van der Waals surface area contributed by atoms with Crippen LogP contribution >= 0.6 is 12.4 Å². The predicted molar refractivity (Wildman–Crippen MR) is 82.4 cm³/mol. The van der Waals surface area contributed by atoms with Gasteiger partial charge in [0, 0.05) is 7.05 Å². The maximum absolute atomic E-state index is 13.3. The molecule has 1 heterocycles. The SMILES string of the molecule is CN(CCOc1ccccc1F)C(=O)[C@H]1CCCCN1.Cl. The van der Waals surface area contributed by atoms with Crippen molar-refractivity contribution in [2.45, 2.75) is 25.3 Å². The molecule has 1 aromatic rings. The van der Waals surface area contributed by atoms with Crippen LogP contribution in [0.5, 0.6) is 5.75 Å². The van der Waals surface area contributed by atoms with Gasteiger partial charge in [-0.3, -0.25) is 4.79 Å². The molecule has 1 aliphatic heterocycles. The Balaban J connectivity index is 0.00000220. The monoisotopic (exact) mass is 316 g/mol. The third-order valence-electron chi connectivity index (χ3n) is 3.51. The number of para-hydroxylation sites is 1. The van der Waals surface area contributed by atoms with Crippen LogP contribution in [0.2, 0.25) is 0 Å². The molecule has 6 heteroatoms. The van der Waals surface area contributed by atoms with Gasteiger partial charge in [-0.05, 0) is 31.5 Å². The van der Waals surface area contributed by atoms with E-state index in [-0.39, 0.29) is 42.5 Å². The molecule has 0 spiro atoms. The van der Waals surface area contributed by atoms with E-state index in [9.17, 15) is 9.18 Å². The molecule has 0 radical (unpaired) electrons. The molecule has 0 aromatic heterocycles. The van der Waals surface area contributed by atoms with Crippen LogP contribution in [0.4, 0.5) is 4.39 Å². The molecule has 118 valence electrons. The third-order valence-corrected chi connectivity index (χ3v) is 3.51. The fourth-order valence-electron chi connectivity index (χ4n) is 2.29. The molecule has 0 aliphatic carbocycles. The number of likely N-dealkylation sites (N-methyl/N-ethyl adjacent to an activating group) is 1. The molecule has 1 saturated heterocycles. The Hall–Kier alpha value is -1.33. The molecule has 1 atom stereocenters. The predicted octanol–water partition coefficient (Wildman–Crippen LogP) is 2.23. The van der Waals surface area contributed by atoms with E-state index in [1.807, 2.05) is 0 Å². The summed E-state index contributed by atoms with van der Waals surface area (Å²) in [6, 6.07) is 6.20. The highest BCUT2D eigenvalue weighted by Gasteiger charge is 2.23. The summed E-state index contributed by atoms with van der Waals surface area (Å²) in [5.74, 6) is -0.0681. The quantitative estimate of drug-likeness (QED) is 0.905. The van der Waals surface area contributed by atoms with Gasteiger partial charge in [0.25, 0.3) is 0 Å². The van der Waals surface area contributed by atoms with E-state index in [1.165, 1.54) is 6.07 Å². The van der Waals surface area contributed by atoms with Crippen molar-refractivity contribution in [1.29, 1.82) is 0 Å². The van der Waals surface area contributed by atoms with Gasteiger partial charge in [0.05, 0.1) is 12.6 Å². The van der Waals surface area contributed by atoms with Gasteiger partial charge in [-0.2, -0.15) is 0 Å². The van der Waals surface area contributed by atoms with Crippen molar-refractivity contribution < 1.29 is 13.9 Å². The number of hydrogen-bond donors (Lipinski definition) is 1. The van der Waals surface area contributed by atoms with E-state index in [2.05, 4.69) is 5.32 Å². The molecule has 0 saturated carbocycles. The lowest BCUT2D eigenvalue weighted by atomic mass is 10.0.